The minimum absolute atomic E-state index is 0.00243. The molecule has 2 aromatic heterocycles. The molecule has 2 aliphatic heterocycles. The van der Waals surface area contributed by atoms with E-state index < -0.39 is 0 Å². The molecule has 7 heteroatoms. The van der Waals surface area contributed by atoms with Gasteiger partial charge in [-0.15, -0.1) is 22.7 Å². The van der Waals surface area contributed by atoms with Crippen LogP contribution in [0.15, 0.2) is 53.2 Å². The Kier molecular flexibility index (Phi) is 7.13. The molecule has 1 fully saturated rings. The van der Waals surface area contributed by atoms with Gasteiger partial charge in [-0.3, -0.25) is 9.59 Å². The fourth-order valence-electron chi connectivity index (χ4n) is 5.03. The van der Waals surface area contributed by atoms with Gasteiger partial charge in [0, 0.05) is 29.5 Å². The van der Waals surface area contributed by atoms with E-state index in [0.29, 0.717) is 19.5 Å². The van der Waals surface area contributed by atoms with E-state index in [-0.39, 0.29) is 30.5 Å². The molecule has 34 heavy (non-hydrogen) atoms. The third-order valence-corrected chi connectivity index (χ3v) is 8.67. The molecule has 0 radical (unpaired) electrons. The van der Waals surface area contributed by atoms with Crippen molar-refractivity contribution in [2.45, 2.75) is 44.8 Å². The van der Waals surface area contributed by atoms with Crippen LogP contribution in [0, 0.1) is 6.92 Å². The molecule has 2 unspecified atom stereocenters. The van der Waals surface area contributed by atoms with Crippen molar-refractivity contribution < 1.29 is 14.3 Å². The van der Waals surface area contributed by atoms with Gasteiger partial charge in [-0.2, -0.15) is 0 Å². The summed E-state index contributed by atoms with van der Waals surface area (Å²) in [6, 6.07) is 14.3. The minimum Gasteiger partial charge on any atom is -0.376 e. The fourth-order valence-corrected chi connectivity index (χ4v) is 6.63. The van der Waals surface area contributed by atoms with Crippen molar-refractivity contribution in [3.63, 3.8) is 0 Å². The van der Waals surface area contributed by atoms with Gasteiger partial charge < -0.3 is 14.5 Å². The van der Waals surface area contributed by atoms with Crippen LogP contribution < -0.4 is 0 Å². The van der Waals surface area contributed by atoms with E-state index in [1.165, 1.54) is 16.0 Å². The number of fused-ring (bicyclic) bond motifs is 1. The third-order valence-electron chi connectivity index (χ3n) is 6.80. The number of rotatable bonds is 7. The lowest BCUT2D eigenvalue weighted by molar-refractivity contribution is -0.142. The molecule has 2 aliphatic rings. The maximum Gasteiger partial charge on any atom is 0.242 e. The maximum atomic E-state index is 13.8. The fraction of sp³-hybridized carbons (Fsp3) is 0.407. The second kappa shape index (κ2) is 10.4. The SMILES string of the molecule is Cc1ccccc1C1c2ccsc2CCN1C(=O)CN(CC1CCCO1)C(=O)Cc1cccs1. The first-order valence-corrected chi connectivity index (χ1v) is 13.7. The van der Waals surface area contributed by atoms with E-state index in [1.807, 2.05) is 34.5 Å². The first kappa shape index (κ1) is 23.3. The van der Waals surface area contributed by atoms with Crippen LogP contribution >= 0.6 is 22.7 Å². The zero-order valence-corrected chi connectivity index (χ0v) is 21.1. The maximum absolute atomic E-state index is 13.8. The summed E-state index contributed by atoms with van der Waals surface area (Å²) in [4.78, 5) is 33.2. The number of thiophene rings is 2. The number of benzene rings is 1. The number of aryl methyl sites for hydroxylation is 1. The summed E-state index contributed by atoms with van der Waals surface area (Å²) in [7, 11) is 0. The molecule has 2 amide bonds. The summed E-state index contributed by atoms with van der Waals surface area (Å²) < 4.78 is 5.82. The third kappa shape index (κ3) is 4.97. The number of hydrogen-bond donors (Lipinski definition) is 0. The highest BCUT2D eigenvalue weighted by molar-refractivity contribution is 7.10. The van der Waals surface area contributed by atoms with Gasteiger partial charge in [0.2, 0.25) is 11.8 Å². The number of amides is 2. The lowest BCUT2D eigenvalue weighted by Crippen LogP contribution is -2.48. The Labute approximate surface area is 209 Å². The van der Waals surface area contributed by atoms with Crippen LogP contribution in [0.2, 0.25) is 0 Å². The Balaban J connectivity index is 1.39. The van der Waals surface area contributed by atoms with Crippen LogP contribution in [-0.2, 0) is 27.2 Å². The predicted molar refractivity (Wildman–Crippen MR) is 136 cm³/mol. The summed E-state index contributed by atoms with van der Waals surface area (Å²) in [5, 5.41) is 4.11. The number of hydrogen-bond acceptors (Lipinski definition) is 5. The second-order valence-corrected chi connectivity index (χ2v) is 11.1. The zero-order valence-electron chi connectivity index (χ0n) is 19.4. The largest absolute Gasteiger partial charge is 0.376 e. The summed E-state index contributed by atoms with van der Waals surface area (Å²) in [6.07, 6.45) is 3.14. The summed E-state index contributed by atoms with van der Waals surface area (Å²) in [6.45, 7) is 4.06. The number of nitrogens with zero attached hydrogens (tertiary/aromatic N) is 2. The minimum atomic E-state index is -0.110. The van der Waals surface area contributed by atoms with Gasteiger partial charge in [0.25, 0.3) is 0 Å². The topological polar surface area (TPSA) is 49.9 Å². The van der Waals surface area contributed by atoms with Crippen molar-refractivity contribution in [2.24, 2.45) is 0 Å². The van der Waals surface area contributed by atoms with Crippen LogP contribution in [0.5, 0.6) is 0 Å². The standard InChI is InChI=1S/C27H30N2O3S2/c1-19-6-2-3-9-22(19)27-23-11-15-34-24(23)10-12-29(27)26(31)18-28(17-20-7-4-13-32-20)25(30)16-21-8-5-14-33-21/h2-3,5-6,8-9,11,14-15,20,27H,4,7,10,12-13,16-18H2,1H3. The molecule has 2 atom stereocenters. The van der Waals surface area contributed by atoms with Crippen LogP contribution in [0.3, 0.4) is 0 Å². The van der Waals surface area contributed by atoms with Gasteiger partial charge in [-0.25, -0.2) is 0 Å². The normalized spacial score (nSPS) is 19.7. The average Bonchev–Trinajstić information content (AvgIpc) is 3.61. The predicted octanol–water partition coefficient (Wildman–Crippen LogP) is 4.84. The lowest BCUT2D eigenvalue weighted by atomic mass is 9.90. The van der Waals surface area contributed by atoms with Crippen molar-refractivity contribution in [3.05, 3.63) is 79.7 Å². The zero-order chi connectivity index (χ0) is 23.5. The van der Waals surface area contributed by atoms with Crippen molar-refractivity contribution in [1.82, 2.24) is 9.80 Å². The number of carbonyl (C=O) groups excluding carboxylic acids is 2. The van der Waals surface area contributed by atoms with Crippen LogP contribution in [0.4, 0.5) is 0 Å². The molecule has 0 saturated carbocycles. The van der Waals surface area contributed by atoms with E-state index in [2.05, 4.69) is 30.5 Å². The van der Waals surface area contributed by atoms with E-state index in [4.69, 9.17) is 4.74 Å². The highest BCUT2D eigenvalue weighted by Crippen LogP contribution is 2.39. The molecule has 0 spiro atoms. The highest BCUT2D eigenvalue weighted by atomic mass is 32.1. The van der Waals surface area contributed by atoms with Gasteiger partial charge in [0.1, 0.15) is 0 Å². The van der Waals surface area contributed by atoms with Gasteiger partial charge in [-0.05, 0) is 65.8 Å². The molecule has 5 nitrogen and oxygen atoms in total. The molecule has 1 saturated heterocycles. The van der Waals surface area contributed by atoms with E-state index in [0.717, 1.165) is 36.3 Å². The van der Waals surface area contributed by atoms with Crippen molar-refractivity contribution >= 4 is 34.5 Å². The Morgan fingerprint density at radius 1 is 1.09 bits per heavy atom. The first-order chi connectivity index (χ1) is 16.6. The number of carbonyl (C=O) groups is 2. The molecule has 3 aromatic rings. The summed E-state index contributed by atoms with van der Waals surface area (Å²) in [5.41, 5.74) is 3.55. The molecule has 4 heterocycles. The molecular weight excluding hydrogens is 464 g/mol. The van der Waals surface area contributed by atoms with E-state index >= 15 is 0 Å². The van der Waals surface area contributed by atoms with E-state index in [1.54, 1.807) is 27.6 Å². The first-order valence-electron chi connectivity index (χ1n) is 11.9. The van der Waals surface area contributed by atoms with Gasteiger partial charge in [-0.1, -0.05) is 30.3 Å². The van der Waals surface area contributed by atoms with Gasteiger partial charge in [0.15, 0.2) is 0 Å². The van der Waals surface area contributed by atoms with Crippen LogP contribution in [0.25, 0.3) is 0 Å². The Hall–Kier alpha value is -2.48. The molecule has 178 valence electrons. The molecule has 0 bridgehead atoms. The molecule has 0 N–H and O–H groups in total. The Bertz CT molecular complexity index is 1130. The highest BCUT2D eigenvalue weighted by Gasteiger charge is 2.35. The average molecular weight is 495 g/mol. The smallest absolute Gasteiger partial charge is 0.242 e. The Morgan fingerprint density at radius 3 is 2.74 bits per heavy atom. The molecule has 5 rings (SSSR count). The van der Waals surface area contributed by atoms with Crippen LogP contribution in [0.1, 0.15) is 45.3 Å². The Morgan fingerprint density at radius 2 is 1.97 bits per heavy atom. The second-order valence-electron chi connectivity index (χ2n) is 9.06. The molecular formula is C27H30N2O3S2. The van der Waals surface area contributed by atoms with Crippen molar-refractivity contribution in [1.29, 1.82) is 0 Å². The quantitative estimate of drug-likeness (QED) is 0.472. The van der Waals surface area contributed by atoms with Crippen molar-refractivity contribution in [2.75, 3.05) is 26.2 Å². The number of ether oxygens (including phenoxy) is 1. The van der Waals surface area contributed by atoms with Crippen LogP contribution in [-0.4, -0.2) is 54.0 Å². The van der Waals surface area contributed by atoms with Gasteiger partial charge in [0.05, 0.1) is 25.1 Å². The van der Waals surface area contributed by atoms with Crippen molar-refractivity contribution in [3.8, 4) is 0 Å². The summed E-state index contributed by atoms with van der Waals surface area (Å²) in [5.74, 6) is -0.00500. The van der Waals surface area contributed by atoms with E-state index in [9.17, 15) is 9.59 Å². The molecule has 1 aromatic carbocycles. The lowest BCUT2D eigenvalue weighted by Gasteiger charge is -2.38. The monoisotopic (exact) mass is 494 g/mol. The summed E-state index contributed by atoms with van der Waals surface area (Å²) >= 11 is 3.35. The van der Waals surface area contributed by atoms with Gasteiger partial charge >= 0.3 is 0 Å². The molecule has 0 aliphatic carbocycles.